The van der Waals surface area contributed by atoms with Crippen molar-refractivity contribution in [2.45, 2.75) is 25.9 Å². The standard InChI is InChI=1S/C15H20F2N2O2/c1-14(10-18)7-8-19(11-15(14,16)17)13(20)21-9-12-5-3-2-4-6-12/h2-6H,7-11,18H2,1H3. The molecule has 6 heteroatoms. The molecule has 4 nitrogen and oxygen atoms in total. The van der Waals surface area contributed by atoms with Crippen LogP contribution in [-0.2, 0) is 11.3 Å². The molecule has 1 saturated heterocycles. The molecule has 2 N–H and O–H groups in total. The van der Waals surface area contributed by atoms with Crippen LogP contribution in [0.2, 0.25) is 0 Å². The quantitative estimate of drug-likeness (QED) is 0.933. The number of amides is 1. The maximum atomic E-state index is 14.1. The van der Waals surface area contributed by atoms with E-state index in [9.17, 15) is 13.6 Å². The Balaban J connectivity index is 1.93. The highest BCUT2D eigenvalue weighted by molar-refractivity contribution is 5.68. The molecule has 1 amide bonds. The summed E-state index contributed by atoms with van der Waals surface area (Å²) >= 11 is 0. The summed E-state index contributed by atoms with van der Waals surface area (Å²) in [6.07, 6.45) is -0.547. The average molecular weight is 298 g/mol. The van der Waals surface area contributed by atoms with Gasteiger partial charge in [0.2, 0.25) is 0 Å². The Morgan fingerprint density at radius 3 is 2.62 bits per heavy atom. The Morgan fingerprint density at radius 1 is 1.38 bits per heavy atom. The van der Waals surface area contributed by atoms with Gasteiger partial charge in [-0.05, 0) is 12.0 Å². The monoisotopic (exact) mass is 298 g/mol. The summed E-state index contributed by atoms with van der Waals surface area (Å²) in [4.78, 5) is 13.0. The van der Waals surface area contributed by atoms with Crippen LogP contribution >= 0.6 is 0 Å². The van der Waals surface area contributed by atoms with Crippen LogP contribution in [0.5, 0.6) is 0 Å². The molecular formula is C15H20F2N2O2. The zero-order valence-corrected chi connectivity index (χ0v) is 12.0. The normalized spacial score (nSPS) is 24.7. The van der Waals surface area contributed by atoms with Crippen molar-refractivity contribution in [3.8, 4) is 0 Å². The van der Waals surface area contributed by atoms with Crippen molar-refractivity contribution < 1.29 is 18.3 Å². The molecule has 0 aromatic heterocycles. The molecule has 0 aliphatic carbocycles. The van der Waals surface area contributed by atoms with Crippen LogP contribution in [0, 0.1) is 5.41 Å². The summed E-state index contributed by atoms with van der Waals surface area (Å²) in [7, 11) is 0. The maximum Gasteiger partial charge on any atom is 0.410 e. The number of likely N-dealkylation sites (tertiary alicyclic amines) is 1. The van der Waals surface area contributed by atoms with Gasteiger partial charge in [0.1, 0.15) is 6.61 Å². The van der Waals surface area contributed by atoms with Crippen LogP contribution in [0.4, 0.5) is 13.6 Å². The summed E-state index contributed by atoms with van der Waals surface area (Å²) in [5, 5.41) is 0. The van der Waals surface area contributed by atoms with E-state index in [4.69, 9.17) is 10.5 Å². The number of hydrogen-bond donors (Lipinski definition) is 1. The highest BCUT2D eigenvalue weighted by Crippen LogP contribution is 2.42. The fourth-order valence-electron chi connectivity index (χ4n) is 2.29. The summed E-state index contributed by atoms with van der Waals surface area (Å²) in [6, 6.07) is 9.12. The van der Waals surface area contributed by atoms with Gasteiger partial charge in [0.25, 0.3) is 5.92 Å². The van der Waals surface area contributed by atoms with Crippen molar-refractivity contribution in [1.82, 2.24) is 4.90 Å². The number of nitrogens with zero attached hydrogens (tertiary/aromatic N) is 1. The number of carbonyl (C=O) groups is 1. The van der Waals surface area contributed by atoms with E-state index < -0.39 is 24.0 Å². The third kappa shape index (κ3) is 3.32. The predicted molar refractivity (Wildman–Crippen MR) is 74.9 cm³/mol. The number of piperidine rings is 1. The number of hydrogen-bond acceptors (Lipinski definition) is 3. The minimum Gasteiger partial charge on any atom is -0.445 e. The SMILES string of the molecule is CC1(CN)CCN(C(=O)OCc2ccccc2)CC1(F)F. The first-order valence-corrected chi connectivity index (χ1v) is 6.91. The first-order valence-electron chi connectivity index (χ1n) is 6.91. The molecule has 0 radical (unpaired) electrons. The fraction of sp³-hybridized carbons (Fsp3) is 0.533. The Bertz CT molecular complexity index is 496. The Morgan fingerprint density at radius 2 is 2.05 bits per heavy atom. The third-order valence-electron chi connectivity index (χ3n) is 4.12. The number of carbonyl (C=O) groups excluding carboxylic acids is 1. The topological polar surface area (TPSA) is 55.6 Å². The molecule has 0 bridgehead atoms. The van der Waals surface area contributed by atoms with Crippen molar-refractivity contribution in [3.63, 3.8) is 0 Å². The molecule has 1 atom stereocenters. The second-order valence-corrected chi connectivity index (χ2v) is 5.68. The minimum absolute atomic E-state index is 0.0793. The number of nitrogens with two attached hydrogens (primary N) is 1. The van der Waals surface area contributed by atoms with Crippen LogP contribution in [0.3, 0.4) is 0 Å². The van der Waals surface area contributed by atoms with E-state index >= 15 is 0 Å². The molecule has 2 rings (SSSR count). The highest BCUT2D eigenvalue weighted by atomic mass is 19.3. The molecular weight excluding hydrogens is 278 g/mol. The van der Waals surface area contributed by atoms with Gasteiger partial charge in [-0.15, -0.1) is 0 Å². The van der Waals surface area contributed by atoms with Gasteiger partial charge in [-0.25, -0.2) is 13.6 Å². The van der Waals surface area contributed by atoms with E-state index in [2.05, 4.69) is 0 Å². The van der Waals surface area contributed by atoms with E-state index in [1.165, 1.54) is 6.92 Å². The molecule has 0 spiro atoms. The van der Waals surface area contributed by atoms with Gasteiger partial charge in [0.05, 0.1) is 6.54 Å². The Hall–Kier alpha value is -1.69. The predicted octanol–water partition coefficient (Wildman–Crippen LogP) is 2.63. The molecule has 1 aliphatic rings. The van der Waals surface area contributed by atoms with E-state index in [0.717, 1.165) is 10.5 Å². The number of alkyl halides is 2. The van der Waals surface area contributed by atoms with Crippen LogP contribution in [0.15, 0.2) is 30.3 Å². The molecule has 1 aliphatic heterocycles. The molecule has 1 aromatic rings. The largest absolute Gasteiger partial charge is 0.445 e. The zero-order valence-electron chi connectivity index (χ0n) is 12.0. The second-order valence-electron chi connectivity index (χ2n) is 5.68. The minimum atomic E-state index is -3.01. The molecule has 1 fully saturated rings. The molecule has 21 heavy (non-hydrogen) atoms. The van der Waals surface area contributed by atoms with E-state index in [1.807, 2.05) is 30.3 Å². The maximum absolute atomic E-state index is 14.1. The van der Waals surface area contributed by atoms with Crippen LogP contribution in [0.25, 0.3) is 0 Å². The number of benzene rings is 1. The van der Waals surface area contributed by atoms with Crippen LogP contribution in [0.1, 0.15) is 18.9 Å². The van der Waals surface area contributed by atoms with E-state index in [-0.39, 0.29) is 26.1 Å². The first-order chi connectivity index (χ1) is 9.88. The van der Waals surface area contributed by atoms with E-state index in [0.29, 0.717) is 0 Å². The Labute approximate surface area is 122 Å². The van der Waals surface area contributed by atoms with Gasteiger partial charge in [-0.1, -0.05) is 37.3 Å². The molecule has 1 unspecified atom stereocenters. The van der Waals surface area contributed by atoms with Crippen LogP contribution in [-0.4, -0.2) is 36.5 Å². The Kier molecular flexibility index (Phi) is 4.46. The van der Waals surface area contributed by atoms with Crippen LogP contribution < -0.4 is 5.73 Å². The van der Waals surface area contributed by atoms with E-state index in [1.54, 1.807) is 0 Å². The molecule has 0 saturated carbocycles. The highest BCUT2D eigenvalue weighted by Gasteiger charge is 2.53. The van der Waals surface area contributed by atoms with Gasteiger partial charge < -0.3 is 15.4 Å². The lowest BCUT2D eigenvalue weighted by atomic mass is 9.77. The third-order valence-corrected chi connectivity index (χ3v) is 4.12. The molecule has 1 aromatic carbocycles. The first kappa shape index (κ1) is 15.7. The van der Waals surface area contributed by atoms with Gasteiger partial charge in [-0.2, -0.15) is 0 Å². The fourth-order valence-corrected chi connectivity index (χ4v) is 2.29. The van der Waals surface area contributed by atoms with Crippen molar-refractivity contribution in [3.05, 3.63) is 35.9 Å². The van der Waals surface area contributed by atoms with Crippen molar-refractivity contribution in [1.29, 1.82) is 0 Å². The molecule has 1 heterocycles. The summed E-state index contributed by atoms with van der Waals surface area (Å²) in [6.45, 7) is 1.02. The van der Waals surface area contributed by atoms with Gasteiger partial charge >= 0.3 is 6.09 Å². The number of rotatable bonds is 3. The lowest BCUT2D eigenvalue weighted by molar-refractivity contribution is -0.152. The van der Waals surface area contributed by atoms with Gasteiger partial charge in [0, 0.05) is 18.5 Å². The van der Waals surface area contributed by atoms with Crippen molar-refractivity contribution in [2.24, 2.45) is 11.1 Å². The van der Waals surface area contributed by atoms with Gasteiger partial charge in [0.15, 0.2) is 0 Å². The van der Waals surface area contributed by atoms with Gasteiger partial charge in [-0.3, -0.25) is 0 Å². The summed E-state index contributed by atoms with van der Waals surface area (Å²) < 4.78 is 33.3. The van der Waals surface area contributed by atoms with Crippen molar-refractivity contribution >= 4 is 6.09 Å². The van der Waals surface area contributed by atoms with Crippen molar-refractivity contribution in [2.75, 3.05) is 19.6 Å². The summed E-state index contributed by atoms with van der Waals surface area (Å²) in [5.74, 6) is -3.01. The lowest BCUT2D eigenvalue weighted by Crippen LogP contribution is -2.58. The average Bonchev–Trinajstić information content (AvgIpc) is 2.48. The zero-order chi connectivity index (χ0) is 15.5. The molecule has 116 valence electrons. The summed E-state index contributed by atoms with van der Waals surface area (Å²) in [5.41, 5.74) is 5.01. The second kappa shape index (κ2) is 5.97. The number of halogens is 2. The number of ether oxygens (including phenoxy) is 1. The smallest absolute Gasteiger partial charge is 0.410 e. The lowest BCUT2D eigenvalue weighted by Gasteiger charge is -2.44.